The number of anilines is 1. The van der Waals surface area contributed by atoms with Crippen LogP contribution in [0.15, 0.2) is 18.3 Å². The second kappa shape index (κ2) is 7.41. The standard InChI is InChI=1S/C16H23N3O4/c1-11-9-19(10-12(2)23-11)14-5-4-13(8-17-14)16(22)18(3)7-6-15(20)21/h4-5,8,11-12H,6-7,9-10H2,1-3H3,(H,20,21). The molecule has 7 heteroatoms. The average molecular weight is 321 g/mol. The Bertz CT molecular complexity index is 551. The second-order valence-electron chi connectivity index (χ2n) is 5.94. The van der Waals surface area contributed by atoms with E-state index in [9.17, 15) is 9.59 Å². The van der Waals surface area contributed by atoms with Crippen molar-refractivity contribution in [2.45, 2.75) is 32.5 Å². The molecule has 1 N–H and O–H groups in total. The van der Waals surface area contributed by atoms with Gasteiger partial charge < -0.3 is 19.6 Å². The molecule has 2 atom stereocenters. The van der Waals surface area contributed by atoms with Crippen molar-refractivity contribution in [1.29, 1.82) is 0 Å². The van der Waals surface area contributed by atoms with E-state index >= 15 is 0 Å². The topological polar surface area (TPSA) is 83.0 Å². The maximum Gasteiger partial charge on any atom is 0.305 e. The molecule has 2 unspecified atom stereocenters. The molecule has 1 saturated heterocycles. The molecule has 0 bridgehead atoms. The number of morpholine rings is 1. The Morgan fingerprint density at radius 1 is 1.35 bits per heavy atom. The van der Waals surface area contributed by atoms with Crippen LogP contribution in [0.25, 0.3) is 0 Å². The lowest BCUT2D eigenvalue weighted by Crippen LogP contribution is -2.45. The number of ether oxygens (including phenoxy) is 1. The van der Waals surface area contributed by atoms with Gasteiger partial charge in [0.15, 0.2) is 0 Å². The number of carboxylic acids is 1. The van der Waals surface area contributed by atoms with Gasteiger partial charge in [0.05, 0.1) is 24.2 Å². The van der Waals surface area contributed by atoms with Gasteiger partial charge in [0.2, 0.25) is 0 Å². The normalized spacial score (nSPS) is 21.1. The molecule has 1 fully saturated rings. The summed E-state index contributed by atoms with van der Waals surface area (Å²) in [5, 5.41) is 8.67. The number of carbonyl (C=O) groups is 2. The van der Waals surface area contributed by atoms with Crippen LogP contribution in [-0.2, 0) is 9.53 Å². The van der Waals surface area contributed by atoms with Crippen LogP contribution >= 0.6 is 0 Å². The number of carbonyl (C=O) groups excluding carboxylic acids is 1. The highest BCUT2D eigenvalue weighted by atomic mass is 16.5. The van der Waals surface area contributed by atoms with Gasteiger partial charge in [0, 0.05) is 32.9 Å². The monoisotopic (exact) mass is 321 g/mol. The minimum atomic E-state index is -0.923. The zero-order valence-corrected chi connectivity index (χ0v) is 13.7. The van der Waals surface area contributed by atoms with Crippen molar-refractivity contribution in [3.63, 3.8) is 0 Å². The number of aromatic nitrogens is 1. The van der Waals surface area contributed by atoms with Crippen molar-refractivity contribution < 1.29 is 19.4 Å². The smallest absolute Gasteiger partial charge is 0.305 e. The van der Waals surface area contributed by atoms with E-state index in [2.05, 4.69) is 9.88 Å². The number of hydrogen-bond acceptors (Lipinski definition) is 5. The first-order chi connectivity index (χ1) is 10.9. The fraction of sp³-hybridized carbons (Fsp3) is 0.562. The fourth-order valence-corrected chi connectivity index (χ4v) is 2.65. The number of carboxylic acid groups (broad SMARTS) is 1. The number of nitrogens with zero attached hydrogens (tertiary/aromatic N) is 3. The van der Waals surface area contributed by atoms with E-state index < -0.39 is 5.97 Å². The molecule has 0 saturated carbocycles. The molecule has 1 aromatic heterocycles. The third-order valence-electron chi connectivity index (χ3n) is 3.75. The lowest BCUT2D eigenvalue weighted by atomic mass is 10.2. The Morgan fingerprint density at radius 3 is 2.52 bits per heavy atom. The van der Waals surface area contributed by atoms with Crippen molar-refractivity contribution in [1.82, 2.24) is 9.88 Å². The molecule has 0 radical (unpaired) electrons. The fourth-order valence-electron chi connectivity index (χ4n) is 2.65. The summed E-state index contributed by atoms with van der Waals surface area (Å²) < 4.78 is 5.70. The van der Waals surface area contributed by atoms with Crippen LogP contribution in [0.1, 0.15) is 30.6 Å². The summed E-state index contributed by atoms with van der Waals surface area (Å²) in [7, 11) is 1.59. The Kier molecular flexibility index (Phi) is 5.54. The summed E-state index contributed by atoms with van der Waals surface area (Å²) >= 11 is 0. The van der Waals surface area contributed by atoms with E-state index in [-0.39, 0.29) is 31.1 Å². The van der Waals surface area contributed by atoms with E-state index in [4.69, 9.17) is 9.84 Å². The predicted molar refractivity (Wildman–Crippen MR) is 85.7 cm³/mol. The summed E-state index contributed by atoms with van der Waals surface area (Å²) in [4.78, 5) is 30.7. The molecule has 0 aromatic carbocycles. The Balaban J connectivity index is 2.01. The highest BCUT2D eigenvalue weighted by Gasteiger charge is 2.23. The van der Waals surface area contributed by atoms with Gasteiger partial charge in [-0.3, -0.25) is 9.59 Å². The molecule has 2 heterocycles. The van der Waals surface area contributed by atoms with Gasteiger partial charge in [-0.25, -0.2) is 4.98 Å². The first kappa shape index (κ1) is 17.2. The third-order valence-corrected chi connectivity index (χ3v) is 3.75. The first-order valence-electron chi connectivity index (χ1n) is 7.70. The van der Waals surface area contributed by atoms with E-state index in [0.29, 0.717) is 5.56 Å². The summed E-state index contributed by atoms with van der Waals surface area (Å²) in [6.45, 7) is 5.76. The van der Waals surface area contributed by atoms with Gasteiger partial charge in [0.1, 0.15) is 5.82 Å². The predicted octanol–water partition coefficient (Wildman–Crippen LogP) is 1.24. The SMILES string of the molecule is CC1CN(c2ccc(C(=O)N(C)CCC(=O)O)cn2)CC(C)O1. The van der Waals surface area contributed by atoms with Gasteiger partial charge in [-0.15, -0.1) is 0 Å². The van der Waals surface area contributed by atoms with Crippen LogP contribution in [-0.4, -0.2) is 65.8 Å². The number of pyridine rings is 1. The maximum atomic E-state index is 12.2. The van der Waals surface area contributed by atoms with Gasteiger partial charge in [0.25, 0.3) is 5.91 Å². The molecule has 0 aliphatic carbocycles. The average Bonchev–Trinajstić information content (AvgIpc) is 2.51. The number of hydrogen-bond donors (Lipinski definition) is 1. The first-order valence-corrected chi connectivity index (χ1v) is 7.70. The van der Waals surface area contributed by atoms with Crippen LogP contribution < -0.4 is 4.90 Å². The summed E-state index contributed by atoms with van der Waals surface area (Å²) in [5.74, 6) is -0.334. The largest absolute Gasteiger partial charge is 0.481 e. The van der Waals surface area contributed by atoms with Crippen LogP contribution in [0.3, 0.4) is 0 Å². The Hall–Kier alpha value is -2.15. The van der Waals surface area contributed by atoms with Crippen LogP contribution in [0.2, 0.25) is 0 Å². The highest BCUT2D eigenvalue weighted by Crippen LogP contribution is 2.18. The van der Waals surface area contributed by atoms with Crippen molar-refractivity contribution in [2.75, 3.05) is 31.6 Å². The second-order valence-corrected chi connectivity index (χ2v) is 5.94. The van der Waals surface area contributed by atoms with Gasteiger partial charge in [-0.2, -0.15) is 0 Å². The minimum absolute atomic E-state index is 0.0721. The van der Waals surface area contributed by atoms with E-state index in [0.717, 1.165) is 18.9 Å². The molecule has 1 aliphatic rings. The van der Waals surface area contributed by atoms with E-state index in [1.807, 2.05) is 19.9 Å². The van der Waals surface area contributed by atoms with Gasteiger partial charge >= 0.3 is 5.97 Å². The molecule has 126 valence electrons. The Morgan fingerprint density at radius 2 is 2.00 bits per heavy atom. The molecule has 23 heavy (non-hydrogen) atoms. The Labute approximate surface area is 135 Å². The van der Waals surface area contributed by atoms with E-state index in [1.54, 1.807) is 19.3 Å². The lowest BCUT2D eigenvalue weighted by Gasteiger charge is -2.36. The van der Waals surface area contributed by atoms with Gasteiger partial charge in [-0.05, 0) is 26.0 Å². The van der Waals surface area contributed by atoms with Crippen LogP contribution in [0.5, 0.6) is 0 Å². The van der Waals surface area contributed by atoms with Crippen molar-refractivity contribution in [3.05, 3.63) is 23.9 Å². The van der Waals surface area contributed by atoms with Crippen molar-refractivity contribution in [2.24, 2.45) is 0 Å². The molecule has 7 nitrogen and oxygen atoms in total. The minimum Gasteiger partial charge on any atom is -0.481 e. The highest BCUT2D eigenvalue weighted by molar-refractivity contribution is 5.94. The maximum absolute atomic E-state index is 12.2. The summed E-state index contributed by atoms with van der Waals surface area (Å²) in [6, 6.07) is 3.55. The molecule has 1 amide bonds. The van der Waals surface area contributed by atoms with E-state index in [1.165, 1.54) is 4.90 Å². The number of aliphatic carboxylic acids is 1. The number of amides is 1. The molecule has 0 spiro atoms. The van der Waals surface area contributed by atoms with Crippen molar-refractivity contribution >= 4 is 17.7 Å². The van der Waals surface area contributed by atoms with Crippen LogP contribution in [0.4, 0.5) is 5.82 Å². The summed E-state index contributed by atoms with van der Waals surface area (Å²) in [5.41, 5.74) is 0.455. The quantitative estimate of drug-likeness (QED) is 0.878. The molecular formula is C16H23N3O4. The molecule has 1 aliphatic heterocycles. The van der Waals surface area contributed by atoms with Crippen LogP contribution in [0, 0.1) is 0 Å². The third kappa shape index (κ3) is 4.66. The zero-order chi connectivity index (χ0) is 17.0. The lowest BCUT2D eigenvalue weighted by molar-refractivity contribution is -0.137. The summed E-state index contributed by atoms with van der Waals surface area (Å²) in [6.07, 6.45) is 1.75. The van der Waals surface area contributed by atoms with Crippen molar-refractivity contribution in [3.8, 4) is 0 Å². The number of rotatable bonds is 5. The molecule has 1 aromatic rings. The molecular weight excluding hydrogens is 298 g/mol. The zero-order valence-electron chi connectivity index (χ0n) is 13.7. The van der Waals surface area contributed by atoms with Gasteiger partial charge in [-0.1, -0.05) is 0 Å². The molecule has 2 rings (SSSR count).